The molecule has 0 saturated carbocycles. The van der Waals surface area contributed by atoms with Crippen LogP contribution in [0.25, 0.3) is 0 Å². The summed E-state index contributed by atoms with van der Waals surface area (Å²) in [5.74, 6) is 0.866. The van der Waals surface area contributed by atoms with E-state index in [-0.39, 0.29) is 0 Å². The van der Waals surface area contributed by atoms with E-state index in [9.17, 15) is 0 Å². The van der Waals surface area contributed by atoms with Crippen molar-refractivity contribution in [3.05, 3.63) is 76.3 Å². The van der Waals surface area contributed by atoms with Gasteiger partial charge in [-0.3, -0.25) is 0 Å². The molecule has 0 unspecified atom stereocenters. The van der Waals surface area contributed by atoms with E-state index >= 15 is 0 Å². The average molecular weight is 361 g/mol. The quantitative estimate of drug-likeness (QED) is 0.650. The first-order chi connectivity index (χ1) is 10.8. The molecule has 3 heteroatoms. The van der Waals surface area contributed by atoms with Crippen LogP contribution in [-0.2, 0) is 17.8 Å². The highest BCUT2D eigenvalue weighted by atomic mass is 79.9. The molecule has 2 aromatic rings. The van der Waals surface area contributed by atoms with E-state index in [0.717, 1.165) is 28.6 Å². The Hall–Kier alpha value is -1.58. The van der Waals surface area contributed by atoms with Gasteiger partial charge in [0.15, 0.2) is 0 Å². The van der Waals surface area contributed by atoms with Crippen molar-refractivity contribution < 1.29 is 9.47 Å². The number of halogens is 1. The van der Waals surface area contributed by atoms with Gasteiger partial charge in [0.1, 0.15) is 5.75 Å². The summed E-state index contributed by atoms with van der Waals surface area (Å²) >= 11 is 3.56. The number of hydrogen-bond donors (Lipinski definition) is 0. The summed E-state index contributed by atoms with van der Waals surface area (Å²) in [4.78, 5) is 0. The number of hydrogen-bond acceptors (Lipinski definition) is 2. The summed E-state index contributed by atoms with van der Waals surface area (Å²) in [5, 5.41) is 0. The molecule has 0 aliphatic heterocycles. The molecule has 0 saturated heterocycles. The van der Waals surface area contributed by atoms with Crippen molar-refractivity contribution in [1.82, 2.24) is 0 Å². The molecule has 0 aliphatic carbocycles. The number of ether oxygens (including phenoxy) is 2. The molecule has 0 radical (unpaired) electrons. The third kappa shape index (κ3) is 6.04. The minimum Gasteiger partial charge on any atom is -0.497 e. The van der Waals surface area contributed by atoms with E-state index in [1.165, 1.54) is 5.56 Å². The molecule has 22 heavy (non-hydrogen) atoms. The average Bonchev–Trinajstić information content (AvgIpc) is 2.56. The van der Waals surface area contributed by atoms with Crippen LogP contribution in [0.15, 0.2) is 65.2 Å². The van der Waals surface area contributed by atoms with Gasteiger partial charge in [-0.15, -0.1) is 0 Å². The zero-order valence-corrected chi connectivity index (χ0v) is 14.4. The van der Waals surface area contributed by atoms with Gasteiger partial charge in [-0.1, -0.05) is 64.5 Å². The van der Waals surface area contributed by atoms with Gasteiger partial charge in [-0.25, -0.2) is 0 Å². The zero-order chi connectivity index (χ0) is 15.6. The zero-order valence-electron chi connectivity index (χ0n) is 12.8. The highest BCUT2D eigenvalue weighted by Gasteiger charge is 1.97. The van der Waals surface area contributed by atoms with Crippen molar-refractivity contribution in [2.24, 2.45) is 0 Å². The maximum Gasteiger partial charge on any atom is 0.118 e. The Kier molecular flexibility index (Phi) is 7.20. The van der Waals surface area contributed by atoms with Crippen LogP contribution in [-0.4, -0.2) is 13.7 Å². The van der Waals surface area contributed by atoms with Crippen molar-refractivity contribution >= 4 is 15.9 Å². The van der Waals surface area contributed by atoms with Crippen LogP contribution >= 0.6 is 15.9 Å². The summed E-state index contributed by atoms with van der Waals surface area (Å²) < 4.78 is 11.9. The first-order valence-corrected chi connectivity index (χ1v) is 8.16. The molecule has 2 aromatic carbocycles. The van der Waals surface area contributed by atoms with Crippen molar-refractivity contribution in [1.29, 1.82) is 0 Å². The van der Waals surface area contributed by atoms with Gasteiger partial charge in [0.05, 0.1) is 20.3 Å². The molecule has 0 atom stereocenters. The first-order valence-electron chi connectivity index (χ1n) is 7.37. The fourth-order valence-electron chi connectivity index (χ4n) is 2.09. The fraction of sp³-hybridized carbons (Fsp3) is 0.263. The maximum atomic E-state index is 5.70. The van der Waals surface area contributed by atoms with Crippen LogP contribution in [0.4, 0.5) is 0 Å². The molecule has 2 nitrogen and oxygen atoms in total. The number of rotatable bonds is 8. The minimum atomic E-state index is 0.598. The third-order valence-electron chi connectivity index (χ3n) is 3.31. The van der Waals surface area contributed by atoms with Crippen LogP contribution in [0.1, 0.15) is 17.5 Å². The van der Waals surface area contributed by atoms with E-state index in [1.54, 1.807) is 7.11 Å². The molecule has 0 heterocycles. The SMILES string of the molecule is COc1ccc(COC/C(Br)=C\CCc2ccccc2)cc1. The van der Waals surface area contributed by atoms with E-state index in [1.807, 2.05) is 30.3 Å². The Balaban J connectivity index is 1.68. The normalized spacial score (nSPS) is 11.5. The van der Waals surface area contributed by atoms with E-state index in [2.05, 4.69) is 46.3 Å². The van der Waals surface area contributed by atoms with Gasteiger partial charge in [0, 0.05) is 4.48 Å². The molecular weight excluding hydrogens is 340 g/mol. The van der Waals surface area contributed by atoms with Crippen LogP contribution in [0.3, 0.4) is 0 Å². The van der Waals surface area contributed by atoms with E-state index < -0.39 is 0 Å². The number of methoxy groups -OCH3 is 1. The lowest BCUT2D eigenvalue weighted by atomic mass is 10.1. The standard InChI is InChI=1S/C19H21BrO2/c1-21-19-12-10-17(11-13-19)14-22-15-18(20)9-5-8-16-6-3-2-4-7-16/h2-4,6-7,9-13H,5,8,14-15H2,1H3/b18-9+. The van der Waals surface area contributed by atoms with Gasteiger partial charge in [-0.05, 0) is 36.1 Å². The molecule has 0 aliphatic rings. The summed E-state index contributed by atoms with van der Waals surface area (Å²) in [7, 11) is 1.67. The lowest BCUT2D eigenvalue weighted by Gasteiger charge is -2.05. The highest BCUT2D eigenvalue weighted by Crippen LogP contribution is 2.14. The van der Waals surface area contributed by atoms with Gasteiger partial charge >= 0.3 is 0 Å². The highest BCUT2D eigenvalue weighted by molar-refractivity contribution is 9.11. The van der Waals surface area contributed by atoms with E-state index in [4.69, 9.17) is 9.47 Å². The molecule has 116 valence electrons. The Morgan fingerprint density at radius 1 is 1.00 bits per heavy atom. The van der Waals surface area contributed by atoms with Gasteiger partial charge in [0.25, 0.3) is 0 Å². The molecule has 2 rings (SSSR count). The Labute approximate surface area is 140 Å². The third-order valence-corrected chi connectivity index (χ3v) is 3.86. The first kappa shape index (κ1) is 16.8. The van der Waals surface area contributed by atoms with Gasteiger partial charge in [0.2, 0.25) is 0 Å². The molecule has 0 N–H and O–H groups in total. The molecule has 0 spiro atoms. The Bertz CT molecular complexity index is 576. The lowest BCUT2D eigenvalue weighted by Crippen LogP contribution is -1.96. The predicted octanol–water partition coefficient (Wildman–Crippen LogP) is 5.12. The number of allylic oxidation sites excluding steroid dienone is 1. The van der Waals surface area contributed by atoms with Crippen molar-refractivity contribution in [3.63, 3.8) is 0 Å². The van der Waals surface area contributed by atoms with Crippen molar-refractivity contribution in [3.8, 4) is 5.75 Å². The van der Waals surface area contributed by atoms with Crippen LogP contribution in [0.2, 0.25) is 0 Å². The maximum absolute atomic E-state index is 5.70. The summed E-state index contributed by atoms with van der Waals surface area (Å²) in [6, 6.07) is 18.4. The summed E-state index contributed by atoms with van der Waals surface area (Å²) in [5.41, 5.74) is 2.50. The number of aryl methyl sites for hydroxylation is 1. The largest absolute Gasteiger partial charge is 0.497 e. The van der Waals surface area contributed by atoms with Crippen molar-refractivity contribution in [2.45, 2.75) is 19.4 Å². The smallest absolute Gasteiger partial charge is 0.118 e. The monoisotopic (exact) mass is 360 g/mol. The summed E-state index contributed by atoms with van der Waals surface area (Å²) in [6.07, 6.45) is 4.24. The molecule has 0 bridgehead atoms. The van der Waals surface area contributed by atoms with Crippen LogP contribution in [0, 0.1) is 0 Å². The minimum absolute atomic E-state index is 0.598. The van der Waals surface area contributed by atoms with Crippen LogP contribution < -0.4 is 4.74 Å². The second kappa shape index (κ2) is 9.44. The van der Waals surface area contributed by atoms with Crippen molar-refractivity contribution in [2.75, 3.05) is 13.7 Å². The fourth-order valence-corrected chi connectivity index (χ4v) is 2.48. The Morgan fingerprint density at radius 2 is 1.73 bits per heavy atom. The van der Waals surface area contributed by atoms with E-state index in [0.29, 0.717) is 13.2 Å². The van der Waals surface area contributed by atoms with Crippen LogP contribution in [0.5, 0.6) is 5.75 Å². The second-order valence-electron chi connectivity index (χ2n) is 5.02. The predicted molar refractivity (Wildman–Crippen MR) is 94.4 cm³/mol. The number of benzene rings is 2. The second-order valence-corrected chi connectivity index (χ2v) is 6.03. The molecular formula is C19H21BrO2. The lowest BCUT2D eigenvalue weighted by molar-refractivity contribution is 0.147. The molecule has 0 aromatic heterocycles. The topological polar surface area (TPSA) is 18.5 Å². The Morgan fingerprint density at radius 3 is 2.41 bits per heavy atom. The van der Waals surface area contributed by atoms with Gasteiger partial charge in [-0.2, -0.15) is 0 Å². The molecule has 0 fully saturated rings. The molecule has 0 amide bonds. The van der Waals surface area contributed by atoms with Gasteiger partial charge < -0.3 is 9.47 Å². The summed E-state index contributed by atoms with van der Waals surface area (Å²) in [6.45, 7) is 1.20.